The van der Waals surface area contributed by atoms with Gasteiger partial charge in [-0.3, -0.25) is 9.36 Å². The molecule has 0 radical (unpaired) electrons. The lowest BCUT2D eigenvalue weighted by Crippen LogP contribution is -2.15. The van der Waals surface area contributed by atoms with Gasteiger partial charge in [0.05, 0.1) is 24.7 Å². The summed E-state index contributed by atoms with van der Waals surface area (Å²) in [5.74, 6) is 0.765. The maximum atomic E-state index is 12.3. The molecule has 3 aromatic rings. The number of thioether (sulfide) groups is 1. The van der Waals surface area contributed by atoms with E-state index >= 15 is 0 Å². The van der Waals surface area contributed by atoms with Gasteiger partial charge in [0.1, 0.15) is 0 Å². The Bertz CT molecular complexity index is 953. The Labute approximate surface area is 166 Å². The zero-order chi connectivity index (χ0) is 19.9. The maximum absolute atomic E-state index is 12.3. The molecule has 0 saturated carbocycles. The van der Waals surface area contributed by atoms with Gasteiger partial charge in [0.25, 0.3) is 0 Å². The topological polar surface area (TPSA) is 99.2 Å². The summed E-state index contributed by atoms with van der Waals surface area (Å²) in [6.07, 6.45) is 2.48. The summed E-state index contributed by atoms with van der Waals surface area (Å²) < 4.78 is 12.0. The molecule has 0 atom stereocenters. The van der Waals surface area contributed by atoms with Gasteiger partial charge < -0.3 is 14.5 Å². The van der Waals surface area contributed by atoms with Crippen LogP contribution in [-0.2, 0) is 16.1 Å². The number of carbonyl (C=O) groups excluding carboxylic acids is 2. The third-order valence-corrected chi connectivity index (χ3v) is 4.77. The van der Waals surface area contributed by atoms with Crippen molar-refractivity contribution in [1.29, 1.82) is 0 Å². The van der Waals surface area contributed by atoms with E-state index in [-0.39, 0.29) is 11.7 Å². The number of anilines is 1. The van der Waals surface area contributed by atoms with Crippen LogP contribution in [0.25, 0.3) is 11.6 Å². The Morgan fingerprint density at radius 2 is 2.11 bits per heavy atom. The summed E-state index contributed by atoms with van der Waals surface area (Å²) in [5.41, 5.74) is 0.901. The van der Waals surface area contributed by atoms with Crippen LogP contribution < -0.4 is 5.32 Å². The van der Waals surface area contributed by atoms with Crippen molar-refractivity contribution in [3.05, 3.63) is 48.2 Å². The normalized spacial score (nSPS) is 10.6. The molecule has 1 amide bonds. The molecular weight excluding hydrogens is 380 g/mol. The van der Waals surface area contributed by atoms with Crippen LogP contribution in [0.1, 0.15) is 23.7 Å². The van der Waals surface area contributed by atoms with Gasteiger partial charge in [-0.25, -0.2) is 4.79 Å². The predicted molar refractivity (Wildman–Crippen MR) is 105 cm³/mol. The monoisotopic (exact) mass is 400 g/mol. The molecule has 0 unspecified atom stereocenters. The highest BCUT2D eigenvalue weighted by molar-refractivity contribution is 7.99. The Morgan fingerprint density at radius 1 is 1.25 bits per heavy atom. The Balaban J connectivity index is 1.66. The number of aromatic nitrogens is 3. The van der Waals surface area contributed by atoms with Gasteiger partial charge in [0.15, 0.2) is 16.7 Å². The third kappa shape index (κ3) is 4.61. The average Bonchev–Trinajstić information content (AvgIpc) is 3.36. The second-order valence-electron chi connectivity index (χ2n) is 5.84. The number of carbonyl (C=O) groups is 2. The molecule has 0 aliphatic heterocycles. The molecule has 9 heteroatoms. The van der Waals surface area contributed by atoms with E-state index in [2.05, 4.69) is 27.2 Å². The second-order valence-corrected chi connectivity index (χ2v) is 6.79. The van der Waals surface area contributed by atoms with E-state index in [1.807, 2.05) is 10.6 Å². The average molecular weight is 400 g/mol. The molecular formula is C19H20N4O4S. The maximum Gasteiger partial charge on any atom is 0.337 e. The van der Waals surface area contributed by atoms with Crippen LogP contribution in [0.3, 0.4) is 0 Å². The highest BCUT2D eigenvalue weighted by Gasteiger charge is 2.17. The molecule has 146 valence electrons. The van der Waals surface area contributed by atoms with Crippen molar-refractivity contribution < 1.29 is 18.7 Å². The van der Waals surface area contributed by atoms with Crippen LogP contribution in [0, 0.1) is 0 Å². The van der Waals surface area contributed by atoms with Crippen molar-refractivity contribution in [1.82, 2.24) is 14.8 Å². The van der Waals surface area contributed by atoms with E-state index in [0.29, 0.717) is 34.5 Å². The minimum Gasteiger partial charge on any atom is -0.465 e. The van der Waals surface area contributed by atoms with Gasteiger partial charge in [-0.15, -0.1) is 10.2 Å². The van der Waals surface area contributed by atoms with Crippen molar-refractivity contribution >= 4 is 29.3 Å². The van der Waals surface area contributed by atoms with E-state index in [9.17, 15) is 9.59 Å². The van der Waals surface area contributed by atoms with Gasteiger partial charge in [-0.2, -0.15) is 0 Å². The first kappa shape index (κ1) is 19.7. The summed E-state index contributed by atoms with van der Waals surface area (Å²) in [4.78, 5) is 23.9. The molecule has 0 fully saturated rings. The smallest absolute Gasteiger partial charge is 0.337 e. The van der Waals surface area contributed by atoms with Crippen molar-refractivity contribution in [2.75, 3.05) is 18.2 Å². The van der Waals surface area contributed by atoms with Crippen molar-refractivity contribution in [3.8, 4) is 11.6 Å². The fraction of sp³-hybridized carbons (Fsp3) is 0.263. The van der Waals surface area contributed by atoms with E-state index < -0.39 is 5.97 Å². The number of esters is 1. The molecule has 2 aromatic heterocycles. The first-order chi connectivity index (χ1) is 13.6. The highest BCUT2D eigenvalue weighted by atomic mass is 32.2. The van der Waals surface area contributed by atoms with Crippen LogP contribution in [0.15, 0.2) is 52.2 Å². The summed E-state index contributed by atoms with van der Waals surface area (Å²) in [5, 5.41) is 11.8. The van der Waals surface area contributed by atoms with Gasteiger partial charge in [0.2, 0.25) is 5.91 Å². The molecule has 28 heavy (non-hydrogen) atoms. The van der Waals surface area contributed by atoms with E-state index in [1.165, 1.54) is 18.9 Å². The fourth-order valence-corrected chi connectivity index (χ4v) is 3.34. The number of rotatable bonds is 8. The predicted octanol–water partition coefficient (Wildman–Crippen LogP) is 3.47. The van der Waals surface area contributed by atoms with Crippen LogP contribution in [-0.4, -0.2) is 39.5 Å². The van der Waals surface area contributed by atoms with Crippen LogP contribution >= 0.6 is 11.8 Å². The number of methoxy groups -OCH3 is 1. The van der Waals surface area contributed by atoms with Gasteiger partial charge >= 0.3 is 5.97 Å². The third-order valence-electron chi connectivity index (χ3n) is 3.81. The fourth-order valence-electron chi connectivity index (χ4n) is 2.58. The Morgan fingerprint density at radius 3 is 2.82 bits per heavy atom. The molecule has 8 nitrogen and oxygen atoms in total. The lowest BCUT2D eigenvalue weighted by Gasteiger charge is -2.08. The summed E-state index contributed by atoms with van der Waals surface area (Å²) in [6, 6.07) is 10.2. The molecule has 1 N–H and O–H groups in total. The molecule has 0 bridgehead atoms. The quantitative estimate of drug-likeness (QED) is 0.456. The standard InChI is InChI=1S/C19H20N4O4S/c1-3-9-23-17(15-8-5-10-27-15)21-22-19(23)28-12-16(24)20-14-7-4-6-13(11-14)18(25)26-2/h4-8,10-11H,3,9,12H2,1-2H3,(H,20,24). The molecule has 2 heterocycles. The number of nitrogens with one attached hydrogen (secondary N) is 1. The number of nitrogens with zero attached hydrogens (tertiary/aromatic N) is 3. The molecule has 1 aromatic carbocycles. The van der Waals surface area contributed by atoms with Crippen LogP contribution in [0.4, 0.5) is 5.69 Å². The van der Waals surface area contributed by atoms with Crippen LogP contribution in [0.2, 0.25) is 0 Å². The molecule has 0 saturated heterocycles. The van der Waals surface area contributed by atoms with Crippen LogP contribution in [0.5, 0.6) is 0 Å². The van der Waals surface area contributed by atoms with Crippen molar-refractivity contribution in [2.24, 2.45) is 0 Å². The summed E-state index contributed by atoms with van der Waals surface area (Å²) in [6.45, 7) is 2.77. The largest absolute Gasteiger partial charge is 0.465 e. The van der Waals surface area contributed by atoms with Crippen molar-refractivity contribution in [3.63, 3.8) is 0 Å². The van der Waals surface area contributed by atoms with E-state index in [0.717, 1.165) is 6.42 Å². The molecule has 3 rings (SSSR count). The lowest BCUT2D eigenvalue weighted by molar-refractivity contribution is -0.113. The van der Waals surface area contributed by atoms with E-state index in [1.54, 1.807) is 36.6 Å². The number of hydrogen-bond acceptors (Lipinski definition) is 7. The number of benzene rings is 1. The first-order valence-corrected chi connectivity index (χ1v) is 9.69. The Hall–Kier alpha value is -3.07. The number of ether oxygens (including phenoxy) is 1. The van der Waals surface area contributed by atoms with Crippen molar-refractivity contribution in [2.45, 2.75) is 25.0 Å². The molecule has 0 spiro atoms. The SMILES string of the molecule is CCCn1c(SCC(=O)Nc2cccc(C(=O)OC)c2)nnc1-c1ccco1. The second kappa shape index (κ2) is 9.23. The minimum atomic E-state index is -0.455. The van der Waals surface area contributed by atoms with Gasteiger partial charge in [-0.05, 0) is 36.8 Å². The molecule has 0 aliphatic carbocycles. The number of furan rings is 1. The lowest BCUT2D eigenvalue weighted by atomic mass is 10.2. The zero-order valence-corrected chi connectivity index (χ0v) is 16.4. The highest BCUT2D eigenvalue weighted by Crippen LogP contribution is 2.25. The van der Waals surface area contributed by atoms with E-state index in [4.69, 9.17) is 4.42 Å². The summed E-state index contributed by atoms with van der Waals surface area (Å²) >= 11 is 1.29. The Kier molecular flexibility index (Phi) is 6.49. The van der Waals surface area contributed by atoms with Gasteiger partial charge in [0, 0.05) is 12.2 Å². The number of hydrogen-bond donors (Lipinski definition) is 1. The first-order valence-electron chi connectivity index (χ1n) is 8.70. The zero-order valence-electron chi connectivity index (χ0n) is 15.5. The van der Waals surface area contributed by atoms with Gasteiger partial charge in [-0.1, -0.05) is 24.8 Å². The number of amides is 1. The summed E-state index contributed by atoms with van der Waals surface area (Å²) in [7, 11) is 1.31. The molecule has 0 aliphatic rings. The minimum absolute atomic E-state index is 0.155.